The average molecular weight is 464 g/mol. The number of fused-ring (bicyclic) bond motifs is 1. The van der Waals surface area contributed by atoms with E-state index in [0.717, 1.165) is 27.3 Å². The van der Waals surface area contributed by atoms with Gasteiger partial charge in [0.15, 0.2) is 5.82 Å². The van der Waals surface area contributed by atoms with Gasteiger partial charge in [0.25, 0.3) is 5.91 Å². The minimum absolute atomic E-state index is 0.113. The average Bonchev–Trinajstić information content (AvgIpc) is 3.23. The first-order valence-electron chi connectivity index (χ1n) is 10.9. The summed E-state index contributed by atoms with van der Waals surface area (Å²) in [5.74, 6) is 0.724. The number of rotatable bonds is 3. The van der Waals surface area contributed by atoms with Gasteiger partial charge >= 0.3 is 0 Å². The van der Waals surface area contributed by atoms with E-state index in [1.165, 1.54) is 11.8 Å². The molecule has 0 aliphatic carbocycles. The number of aromatic hydroxyl groups is 1. The molecule has 2 heterocycles. The quantitative estimate of drug-likeness (QED) is 0.520. The molecule has 0 atom stereocenters. The number of nitrogens with zero attached hydrogens (tertiary/aromatic N) is 4. The van der Waals surface area contributed by atoms with Crippen LogP contribution in [0.25, 0.3) is 6.08 Å². The van der Waals surface area contributed by atoms with Gasteiger partial charge < -0.3 is 5.11 Å². The summed E-state index contributed by atoms with van der Waals surface area (Å²) in [7, 11) is 0. The Morgan fingerprint density at radius 3 is 2.27 bits per heavy atom. The van der Waals surface area contributed by atoms with Crippen molar-refractivity contribution in [3.63, 3.8) is 0 Å². The molecular formula is C25H29N5O2S. The van der Waals surface area contributed by atoms with Crippen LogP contribution in [0.15, 0.2) is 46.2 Å². The smallest absolute Gasteiger partial charge is 0.265 e. The summed E-state index contributed by atoms with van der Waals surface area (Å²) in [6.45, 7) is 12.7. The van der Waals surface area contributed by atoms with Crippen molar-refractivity contribution in [3.8, 4) is 5.75 Å². The Morgan fingerprint density at radius 1 is 1.06 bits per heavy atom. The zero-order valence-electron chi connectivity index (χ0n) is 19.8. The first-order chi connectivity index (χ1) is 15.4. The van der Waals surface area contributed by atoms with Gasteiger partial charge in [0, 0.05) is 16.0 Å². The van der Waals surface area contributed by atoms with Crippen molar-refractivity contribution >= 4 is 29.4 Å². The molecule has 4 rings (SSSR count). The van der Waals surface area contributed by atoms with E-state index in [9.17, 15) is 9.90 Å². The third-order valence-corrected chi connectivity index (χ3v) is 6.65. The monoisotopic (exact) mass is 463 g/mol. The van der Waals surface area contributed by atoms with Gasteiger partial charge in [-0.05, 0) is 57.2 Å². The highest BCUT2D eigenvalue weighted by Crippen LogP contribution is 2.44. The number of aromatic amines is 1. The van der Waals surface area contributed by atoms with Crippen LogP contribution >= 0.6 is 11.8 Å². The van der Waals surface area contributed by atoms with E-state index in [-0.39, 0.29) is 23.3 Å². The van der Waals surface area contributed by atoms with E-state index in [1.807, 2.05) is 42.5 Å². The molecule has 1 amide bonds. The number of carbonyl (C=O) groups is 1. The Morgan fingerprint density at radius 2 is 1.70 bits per heavy atom. The van der Waals surface area contributed by atoms with Gasteiger partial charge in [-0.3, -0.25) is 9.69 Å². The van der Waals surface area contributed by atoms with E-state index in [2.05, 4.69) is 62.2 Å². The largest absolute Gasteiger partial charge is 0.507 e. The van der Waals surface area contributed by atoms with Crippen molar-refractivity contribution < 1.29 is 9.90 Å². The van der Waals surface area contributed by atoms with Gasteiger partial charge in [-0.25, -0.2) is 5.10 Å². The van der Waals surface area contributed by atoms with Crippen molar-refractivity contribution in [2.24, 2.45) is 0 Å². The predicted octanol–water partition coefficient (Wildman–Crippen LogP) is 5.18. The summed E-state index contributed by atoms with van der Waals surface area (Å²) in [6.07, 6.45) is 1.92. The minimum Gasteiger partial charge on any atom is -0.507 e. The van der Waals surface area contributed by atoms with Gasteiger partial charge in [-0.15, -0.1) is 5.10 Å². The molecule has 7 nitrogen and oxygen atoms in total. The molecule has 3 aromatic rings. The molecule has 2 aromatic carbocycles. The third kappa shape index (κ3) is 4.66. The van der Waals surface area contributed by atoms with Crippen molar-refractivity contribution in [2.75, 3.05) is 4.90 Å². The second kappa shape index (κ2) is 8.33. The summed E-state index contributed by atoms with van der Waals surface area (Å²) in [5, 5.41) is 25.0. The van der Waals surface area contributed by atoms with Crippen LogP contribution in [0.5, 0.6) is 5.75 Å². The van der Waals surface area contributed by atoms with Crippen LogP contribution in [0.3, 0.4) is 0 Å². The highest BCUT2D eigenvalue weighted by Gasteiger charge is 2.31. The highest BCUT2D eigenvalue weighted by molar-refractivity contribution is 8.04. The molecule has 1 aromatic heterocycles. The van der Waals surface area contributed by atoms with Crippen LogP contribution in [0.4, 0.5) is 5.69 Å². The molecule has 0 unspecified atom stereocenters. The zero-order valence-corrected chi connectivity index (χ0v) is 20.6. The van der Waals surface area contributed by atoms with Gasteiger partial charge in [0.1, 0.15) is 5.75 Å². The maximum absolute atomic E-state index is 13.6. The molecule has 0 saturated heterocycles. The van der Waals surface area contributed by atoms with Crippen molar-refractivity contribution in [2.45, 2.75) is 63.8 Å². The molecule has 0 fully saturated rings. The molecule has 0 spiro atoms. The first kappa shape index (κ1) is 23.0. The maximum atomic E-state index is 13.6. The number of amides is 1. The molecule has 1 aliphatic heterocycles. The zero-order chi connectivity index (χ0) is 24.0. The number of para-hydroxylation sites is 1. The summed E-state index contributed by atoms with van der Waals surface area (Å²) in [5.41, 5.74) is 2.94. The van der Waals surface area contributed by atoms with Crippen LogP contribution in [-0.2, 0) is 22.2 Å². The number of hydrogen-bond donors (Lipinski definition) is 2. The fourth-order valence-corrected chi connectivity index (χ4v) is 4.91. The Hall–Kier alpha value is -3.13. The van der Waals surface area contributed by atoms with Gasteiger partial charge in [-0.2, -0.15) is 0 Å². The lowest BCUT2D eigenvalue weighted by atomic mass is 9.78. The van der Waals surface area contributed by atoms with E-state index in [1.54, 1.807) is 4.90 Å². The van der Waals surface area contributed by atoms with Crippen LogP contribution < -0.4 is 4.90 Å². The van der Waals surface area contributed by atoms with Crippen LogP contribution in [0, 0.1) is 0 Å². The summed E-state index contributed by atoms with van der Waals surface area (Å²) >= 11 is 1.45. The van der Waals surface area contributed by atoms with E-state index >= 15 is 0 Å². The summed E-state index contributed by atoms with van der Waals surface area (Å²) in [6, 6.07) is 11.8. The lowest BCUT2D eigenvalue weighted by molar-refractivity contribution is -0.114. The molecule has 2 N–H and O–H groups in total. The van der Waals surface area contributed by atoms with Crippen molar-refractivity contribution in [1.29, 1.82) is 0 Å². The SMILES string of the molecule is CC(C)(C)c1cc(/C=C2\Sc3ccccc3N(Cc3nnn[nH]3)C2=O)cc(C(C)(C)C)c1O. The topological polar surface area (TPSA) is 95.0 Å². The molecule has 0 bridgehead atoms. The van der Waals surface area contributed by atoms with Gasteiger partial charge in [0.05, 0.1) is 17.1 Å². The Kier molecular flexibility index (Phi) is 5.82. The number of phenolic OH excluding ortho intramolecular Hbond substituents is 1. The summed E-state index contributed by atoms with van der Waals surface area (Å²) in [4.78, 5) is 16.8. The number of benzene rings is 2. The number of hydrogen-bond acceptors (Lipinski definition) is 6. The third-order valence-electron chi connectivity index (χ3n) is 5.58. The minimum atomic E-state index is -0.250. The number of phenols is 1. The van der Waals surface area contributed by atoms with E-state index < -0.39 is 0 Å². The normalized spacial score (nSPS) is 15.8. The number of carbonyl (C=O) groups excluding carboxylic acids is 1. The Labute approximate surface area is 198 Å². The number of thioether (sulfide) groups is 1. The molecule has 8 heteroatoms. The molecular weight excluding hydrogens is 434 g/mol. The number of nitrogens with one attached hydrogen (secondary N) is 1. The van der Waals surface area contributed by atoms with Crippen molar-refractivity contribution in [3.05, 3.63) is 63.8 Å². The number of anilines is 1. The first-order valence-corrected chi connectivity index (χ1v) is 11.7. The molecule has 0 radical (unpaired) electrons. The second-order valence-electron chi connectivity index (χ2n) is 10.3. The van der Waals surface area contributed by atoms with E-state index in [4.69, 9.17) is 0 Å². The Bertz CT molecular complexity index is 1190. The van der Waals surface area contributed by atoms with Crippen LogP contribution in [0.1, 0.15) is 64.1 Å². The fraction of sp³-hybridized carbons (Fsp3) is 0.360. The highest BCUT2D eigenvalue weighted by atomic mass is 32.2. The maximum Gasteiger partial charge on any atom is 0.265 e. The standard InChI is InChI=1S/C25H29N5O2S/c1-24(2,3)16-11-15(12-17(22(16)31)25(4,5)6)13-20-23(32)30(14-21-26-28-29-27-21)18-9-7-8-10-19(18)33-20/h7-13,31H,14H2,1-6H3,(H,26,27,28,29)/b20-13-. The van der Waals surface area contributed by atoms with Gasteiger partial charge in [0.2, 0.25) is 0 Å². The number of aromatic nitrogens is 4. The molecule has 0 saturated carbocycles. The van der Waals surface area contributed by atoms with Gasteiger partial charge in [-0.1, -0.05) is 65.4 Å². The molecule has 33 heavy (non-hydrogen) atoms. The number of tetrazole rings is 1. The lowest BCUT2D eigenvalue weighted by Crippen LogP contribution is -2.34. The fourth-order valence-electron chi connectivity index (χ4n) is 3.85. The van der Waals surface area contributed by atoms with Crippen LogP contribution in [0.2, 0.25) is 0 Å². The summed E-state index contributed by atoms with van der Waals surface area (Å²) < 4.78 is 0. The van der Waals surface area contributed by atoms with Crippen molar-refractivity contribution in [1.82, 2.24) is 20.6 Å². The molecule has 1 aliphatic rings. The lowest BCUT2D eigenvalue weighted by Gasteiger charge is -2.30. The van der Waals surface area contributed by atoms with E-state index in [0.29, 0.717) is 16.5 Å². The van der Waals surface area contributed by atoms with Crippen LogP contribution in [-0.4, -0.2) is 31.6 Å². The predicted molar refractivity (Wildman–Crippen MR) is 131 cm³/mol. The second-order valence-corrected chi connectivity index (χ2v) is 11.4. The Balaban J connectivity index is 1.83. The number of H-pyrrole nitrogens is 1. The molecule has 172 valence electrons.